The van der Waals surface area contributed by atoms with E-state index < -0.39 is 0 Å². The van der Waals surface area contributed by atoms with Crippen molar-refractivity contribution in [1.29, 1.82) is 0 Å². The number of aryl methyl sites for hydroxylation is 1. The van der Waals surface area contributed by atoms with Crippen LogP contribution in [0.4, 0.5) is 4.39 Å². The summed E-state index contributed by atoms with van der Waals surface area (Å²) in [5, 5.41) is 5.49. The van der Waals surface area contributed by atoms with Gasteiger partial charge in [0.15, 0.2) is 0 Å². The zero-order valence-corrected chi connectivity index (χ0v) is 13.4. The highest BCUT2D eigenvalue weighted by Gasteiger charge is 2.08. The standard InChI is InChI=1S/C15H17FN2OS2/c1-11-18-14(10-21-11)15(19)17-7-4-8-20-9-12-5-2-3-6-13(12)16/h2-3,5-6,10H,4,7-9H2,1H3,(H,17,19). The van der Waals surface area contributed by atoms with Crippen molar-refractivity contribution in [2.24, 2.45) is 0 Å². The summed E-state index contributed by atoms with van der Waals surface area (Å²) in [7, 11) is 0. The zero-order chi connectivity index (χ0) is 15.1. The molecular formula is C15H17FN2OS2. The molecule has 0 aliphatic carbocycles. The normalized spacial score (nSPS) is 10.6. The number of nitrogens with one attached hydrogen (secondary N) is 1. The molecule has 6 heteroatoms. The minimum atomic E-state index is -0.155. The SMILES string of the molecule is Cc1nc(C(=O)NCCCSCc2ccccc2F)cs1. The minimum Gasteiger partial charge on any atom is -0.351 e. The van der Waals surface area contributed by atoms with Gasteiger partial charge in [0.25, 0.3) is 5.91 Å². The number of thiazole rings is 1. The quantitative estimate of drug-likeness (QED) is 0.791. The van der Waals surface area contributed by atoms with Crippen LogP contribution in [0.1, 0.15) is 27.5 Å². The number of nitrogens with zero attached hydrogens (tertiary/aromatic N) is 1. The third-order valence-corrected chi connectivity index (χ3v) is 4.68. The van der Waals surface area contributed by atoms with E-state index in [1.54, 1.807) is 29.3 Å². The van der Waals surface area contributed by atoms with Crippen LogP contribution in [-0.2, 0) is 5.75 Å². The number of halogens is 1. The van der Waals surface area contributed by atoms with Crippen LogP contribution >= 0.6 is 23.1 Å². The summed E-state index contributed by atoms with van der Waals surface area (Å²) in [5.41, 5.74) is 1.21. The molecule has 0 saturated carbocycles. The van der Waals surface area contributed by atoms with Crippen LogP contribution in [0.2, 0.25) is 0 Å². The largest absolute Gasteiger partial charge is 0.351 e. The van der Waals surface area contributed by atoms with Crippen LogP contribution in [0, 0.1) is 12.7 Å². The summed E-state index contributed by atoms with van der Waals surface area (Å²) in [6.45, 7) is 2.49. The Kier molecular flexibility index (Phi) is 6.20. The van der Waals surface area contributed by atoms with E-state index in [4.69, 9.17) is 0 Å². The molecule has 0 radical (unpaired) electrons. The number of aromatic nitrogens is 1. The first kappa shape index (κ1) is 16.0. The Bertz CT molecular complexity index is 601. The summed E-state index contributed by atoms with van der Waals surface area (Å²) in [6.07, 6.45) is 0.855. The Morgan fingerprint density at radius 1 is 1.43 bits per heavy atom. The lowest BCUT2D eigenvalue weighted by Gasteiger charge is -2.04. The molecule has 0 atom stereocenters. The number of benzene rings is 1. The van der Waals surface area contributed by atoms with E-state index in [1.807, 2.05) is 13.0 Å². The third kappa shape index (κ3) is 5.13. The van der Waals surface area contributed by atoms with Crippen LogP contribution in [0.15, 0.2) is 29.6 Å². The highest BCUT2D eigenvalue weighted by molar-refractivity contribution is 7.98. The predicted octanol–water partition coefficient (Wildman–Crippen LogP) is 3.64. The van der Waals surface area contributed by atoms with Crippen LogP contribution in [0.5, 0.6) is 0 Å². The predicted molar refractivity (Wildman–Crippen MR) is 86.4 cm³/mol. The fraction of sp³-hybridized carbons (Fsp3) is 0.333. The van der Waals surface area contributed by atoms with Crippen molar-refractivity contribution < 1.29 is 9.18 Å². The lowest BCUT2D eigenvalue weighted by molar-refractivity contribution is 0.0949. The van der Waals surface area contributed by atoms with E-state index in [0.29, 0.717) is 18.0 Å². The molecule has 2 aromatic rings. The molecule has 0 spiro atoms. The molecule has 0 bridgehead atoms. The van der Waals surface area contributed by atoms with Crippen molar-refractivity contribution in [2.45, 2.75) is 19.1 Å². The van der Waals surface area contributed by atoms with E-state index in [2.05, 4.69) is 10.3 Å². The molecule has 0 fully saturated rings. The lowest BCUT2D eigenvalue weighted by Crippen LogP contribution is -2.25. The number of carbonyl (C=O) groups is 1. The molecular weight excluding hydrogens is 307 g/mol. The molecule has 1 heterocycles. The van der Waals surface area contributed by atoms with Crippen LogP contribution in [0.25, 0.3) is 0 Å². The first-order valence-electron chi connectivity index (χ1n) is 6.68. The van der Waals surface area contributed by atoms with Crippen molar-refractivity contribution in [3.05, 3.63) is 51.7 Å². The Morgan fingerprint density at radius 2 is 2.24 bits per heavy atom. The van der Waals surface area contributed by atoms with E-state index in [9.17, 15) is 9.18 Å². The molecule has 1 N–H and O–H groups in total. The lowest BCUT2D eigenvalue weighted by atomic mass is 10.2. The topological polar surface area (TPSA) is 42.0 Å². The molecule has 2 rings (SSSR count). The van der Waals surface area contributed by atoms with E-state index >= 15 is 0 Å². The van der Waals surface area contributed by atoms with E-state index in [0.717, 1.165) is 22.7 Å². The van der Waals surface area contributed by atoms with Gasteiger partial charge < -0.3 is 5.32 Å². The highest BCUT2D eigenvalue weighted by Crippen LogP contribution is 2.15. The fourth-order valence-electron chi connectivity index (χ4n) is 1.73. The molecule has 0 aliphatic heterocycles. The maximum atomic E-state index is 13.4. The van der Waals surface area contributed by atoms with Gasteiger partial charge in [-0.25, -0.2) is 9.37 Å². The van der Waals surface area contributed by atoms with Gasteiger partial charge in [-0.1, -0.05) is 18.2 Å². The Balaban J connectivity index is 1.60. The maximum absolute atomic E-state index is 13.4. The van der Waals surface area contributed by atoms with E-state index in [-0.39, 0.29) is 11.7 Å². The van der Waals surface area contributed by atoms with Crippen molar-refractivity contribution in [3.8, 4) is 0 Å². The van der Waals surface area contributed by atoms with Gasteiger partial charge in [0.2, 0.25) is 0 Å². The first-order valence-corrected chi connectivity index (χ1v) is 8.71. The summed E-state index contributed by atoms with van der Waals surface area (Å²) < 4.78 is 13.4. The average Bonchev–Trinajstić information content (AvgIpc) is 2.91. The monoisotopic (exact) mass is 324 g/mol. The van der Waals surface area contributed by atoms with Crippen molar-refractivity contribution in [3.63, 3.8) is 0 Å². The molecule has 0 aliphatic rings. The highest BCUT2D eigenvalue weighted by atomic mass is 32.2. The Morgan fingerprint density at radius 3 is 2.95 bits per heavy atom. The second-order valence-corrected chi connectivity index (χ2v) is 6.67. The minimum absolute atomic E-state index is 0.126. The average molecular weight is 324 g/mol. The number of amides is 1. The Labute approximate surface area is 132 Å². The maximum Gasteiger partial charge on any atom is 0.270 e. The molecule has 1 aromatic carbocycles. The van der Waals surface area contributed by atoms with Gasteiger partial charge in [-0.3, -0.25) is 4.79 Å². The second kappa shape index (κ2) is 8.14. The fourth-order valence-corrected chi connectivity index (χ4v) is 3.27. The van der Waals surface area contributed by atoms with Gasteiger partial charge in [-0.2, -0.15) is 11.8 Å². The molecule has 1 amide bonds. The van der Waals surface area contributed by atoms with Crippen molar-refractivity contribution in [1.82, 2.24) is 10.3 Å². The molecule has 21 heavy (non-hydrogen) atoms. The zero-order valence-electron chi connectivity index (χ0n) is 11.8. The summed E-state index contributed by atoms with van der Waals surface area (Å²) >= 11 is 3.13. The van der Waals surface area contributed by atoms with Crippen LogP contribution in [0.3, 0.4) is 0 Å². The van der Waals surface area contributed by atoms with Gasteiger partial charge in [-0.05, 0) is 30.7 Å². The summed E-state index contributed by atoms with van der Waals surface area (Å²) in [6, 6.07) is 6.81. The van der Waals surface area contributed by atoms with Gasteiger partial charge in [0.1, 0.15) is 11.5 Å². The molecule has 112 valence electrons. The van der Waals surface area contributed by atoms with Crippen molar-refractivity contribution >= 4 is 29.0 Å². The molecule has 0 saturated heterocycles. The Hall–Kier alpha value is -1.40. The van der Waals surface area contributed by atoms with Gasteiger partial charge in [-0.15, -0.1) is 11.3 Å². The van der Waals surface area contributed by atoms with Gasteiger partial charge in [0, 0.05) is 17.7 Å². The summed E-state index contributed by atoms with van der Waals surface area (Å²) in [4.78, 5) is 15.9. The van der Waals surface area contributed by atoms with Crippen LogP contribution < -0.4 is 5.32 Å². The molecule has 3 nitrogen and oxygen atoms in total. The first-order chi connectivity index (χ1) is 10.2. The number of thioether (sulfide) groups is 1. The summed E-state index contributed by atoms with van der Waals surface area (Å²) in [5.74, 6) is 1.26. The van der Waals surface area contributed by atoms with E-state index in [1.165, 1.54) is 17.4 Å². The third-order valence-electron chi connectivity index (χ3n) is 2.82. The number of carbonyl (C=O) groups excluding carboxylic acids is 1. The number of rotatable bonds is 7. The van der Waals surface area contributed by atoms with Crippen LogP contribution in [-0.4, -0.2) is 23.2 Å². The smallest absolute Gasteiger partial charge is 0.270 e. The van der Waals surface area contributed by atoms with Crippen molar-refractivity contribution in [2.75, 3.05) is 12.3 Å². The number of hydrogen-bond acceptors (Lipinski definition) is 4. The molecule has 1 aromatic heterocycles. The van der Waals surface area contributed by atoms with Gasteiger partial charge in [0.05, 0.1) is 5.01 Å². The second-order valence-electron chi connectivity index (χ2n) is 4.51. The number of hydrogen-bond donors (Lipinski definition) is 1. The molecule has 0 unspecified atom stereocenters. The van der Waals surface area contributed by atoms with Gasteiger partial charge >= 0.3 is 0 Å².